The molecule has 2 aromatic heterocycles. The van der Waals surface area contributed by atoms with Crippen molar-refractivity contribution in [2.45, 2.75) is 39.0 Å². The van der Waals surface area contributed by atoms with E-state index in [1.807, 2.05) is 41.2 Å². The predicted octanol–water partition coefficient (Wildman–Crippen LogP) is 2.97. The topological polar surface area (TPSA) is 86.4 Å². The van der Waals surface area contributed by atoms with Gasteiger partial charge in [-0.15, -0.1) is 0 Å². The lowest BCUT2D eigenvalue weighted by atomic mass is 10.1. The average Bonchev–Trinajstić information content (AvgIpc) is 3.41. The van der Waals surface area contributed by atoms with Crippen LogP contribution in [0.25, 0.3) is 0 Å². The number of hydrogen-bond donors (Lipinski definition) is 1. The van der Waals surface area contributed by atoms with E-state index >= 15 is 0 Å². The van der Waals surface area contributed by atoms with Gasteiger partial charge in [-0.1, -0.05) is 24.3 Å². The number of ether oxygens (including phenoxy) is 1. The van der Waals surface area contributed by atoms with E-state index < -0.39 is 11.5 Å². The molecule has 1 aliphatic heterocycles. The van der Waals surface area contributed by atoms with Gasteiger partial charge in [-0.2, -0.15) is 5.10 Å². The second kappa shape index (κ2) is 8.45. The zero-order valence-electron chi connectivity index (χ0n) is 16.3. The Labute approximate surface area is 168 Å². The molecule has 1 atom stereocenters. The standard InChI is InChI=1S/C22H23N3O4/c1-15-12-19(18-8-4-11-28-18)29-22(27)20(15)21(26)23-13-16-6-2-3-7-17(16)14-25-10-5-9-24-25/h2-3,5-7,9-10,12,18H,4,8,11,13-14H2,1H3,(H,23,26). The second-order valence-corrected chi connectivity index (χ2v) is 7.15. The van der Waals surface area contributed by atoms with Crippen LogP contribution >= 0.6 is 0 Å². The maximum absolute atomic E-state index is 12.7. The number of hydrogen-bond acceptors (Lipinski definition) is 5. The van der Waals surface area contributed by atoms with Gasteiger partial charge in [0.1, 0.15) is 17.4 Å². The second-order valence-electron chi connectivity index (χ2n) is 7.15. The summed E-state index contributed by atoms with van der Waals surface area (Å²) >= 11 is 0. The number of nitrogens with one attached hydrogen (secondary N) is 1. The van der Waals surface area contributed by atoms with Gasteiger partial charge in [0.2, 0.25) is 0 Å². The van der Waals surface area contributed by atoms with E-state index in [0.29, 0.717) is 31.0 Å². The highest BCUT2D eigenvalue weighted by Crippen LogP contribution is 2.28. The van der Waals surface area contributed by atoms with Gasteiger partial charge in [0, 0.05) is 25.5 Å². The summed E-state index contributed by atoms with van der Waals surface area (Å²) in [5.74, 6) is 0.0511. The Morgan fingerprint density at radius 3 is 2.79 bits per heavy atom. The first-order valence-corrected chi connectivity index (χ1v) is 9.70. The molecule has 0 bridgehead atoms. The summed E-state index contributed by atoms with van der Waals surface area (Å²) in [6.07, 6.45) is 5.17. The van der Waals surface area contributed by atoms with Gasteiger partial charge in [0.05, 0.1) is 6.54 Å². The van der Waals surface area contributed by atoms with E-state index in [1.54, 1.807) is 19.2 Å². The molecule has 0 saturated carbocycles. The Hall–Kier alpha value is -3.19. The molecule has 1 unspecified atom stereocenters. The minimum absolute atomic E-state index is 0.0382. The fourth-order valence-electron chi connectivity index (χ4n) is 3.58. The van der Waals surface area contributed by atoms with E-state index in [1.165, 1.54) is 0 Å². The summed E-state index contributed by atoms with van der Waals surface area (Å²) in [5.41, 5.74) is 2.02. The molecule has 7 nitrogen and oxygen atoms in total. The lowest BCUT2D eigenvalue weighted by Crippen LogP contribution is -2.30. The fourth-order valence-corrected chi connectivity index (χ4v) is 3.58. The summed E-state index contributed by atoms with van der Waals surface area (Å²) in [4.78, 5) is 25.2. The smallest absolute Gasteiger partial charge is 0.349 e. The molecular weight excluding hydrogens is 370 g/mol. The van der Waals surface area contributed by atoms with Crippen LogP contribution in [0.15, 0.2) is 58.0 Å². The van der Waals surface area contributed by atoms with E-state index in [9.17, 15) is 9.59 Å². The Bertz CT molecular complexity index is 1050. The molecule has 29 heavy (non-hydrogen) atoms. The fraction of sp³-hybridized carbons (Fsp3) is 0.318. The van der Waals surface area contributed by atoms with Gasteiger partial charge in [-0.25, -0.2) is 4.79 Å². The highest BCUT2D eigenvalue weighted by atomic mass is 16.5. The third-order valence-electron chi connectivity index (χ3n) is 5.09. The summed E-state index contributed by atoms with van der Waals surface area (Å²) in [6.45, 7) is 3.32. The molecular formula is C22H23N3O4. The van der Waals surface area contributed by atoms with Crippen LogP contribution < -0.4 is 10.9 Å². The Morgan fingerprint density at radius 2 is 2.10 bits per heavy atom. The maximum atomic E-state index is 12.7. The number of amides is 1. The Balaban J connectivity index is 1.48. The van der Waals surface area contributed by atoms with E-state index in [-0.39, 0.29) is 11.7 Å². The molecule has 1 amide bonds. The third-order valence-corrected chi connectivity index (χ3v) is 5.09. The Morgan fingerprint density at radius 1 is 1.28 bits per heavy atom. The summed E-state index contributed by atoms with van der Waals surface area (Å²) in [6, 6.07) is 11.4. The summed E-state index contributed by atoms with van der Waals surface area (Å²) in [5, 5.41) is 7.07. The van der Waals surface area contributed by atoms with Gasteiger partial charge < -0.3 is 14.5 Å². The van der Waals surface area contributed by atoms with Gasteiger partial charge >= 0.3 is 5.63 Å². The van der Waals surface area contributed by atoms with Crippen molar-refractivity contribution in [2.24, 2.45) is 0 Å². The molecule has 1 aliphatic rings. The van der Waals surface area contributed by atoms with E-state index in [4.69, 9.17) is 9.15 Å². The number of aromatic nitrogens is 2. The van der Waals surface area contributed by atoms with E-state index in [0.717, 1.165) is 24.0 Å². The summed E-state index contributed by atoms with van der Waals surface area (Å²) < 4.78 is 12.8. The van der Waals surface area contributed by atoms with Crippen molar-refractivity contribution in [1.29, 1.82) is 0 Å². The van der Waals surface area contributed by atoms with Crippen LogP contribution in [0.4, 0.5) is 0 Å². The molecule has 1 fully saturated rings. The predicted molar refractivity (Wildman–Crippen MR) is 107 cm³/mol. The number of nitrogens with zero attached hydrogens (tertiary/aromatic N) is 2. The van der Waals surface area contributed by atoms with E-state index in [2.05, 4.69) is 10.4 Å². The maximum Gasteiger partial charge on any atom is 0.349 e. The van der Waals surface area contributed by atoms with Crippen LogP contribution in [0.3, 0.4) is 0 Å². The minimum atomic E-state index is -0.627. The minimum Gasteiger partial charge on any atom is -0.424 e. The van der Waals surface area contributed by atoms with Crippen molar-refractivity contribution in [3.63, 3.8) is 0 Å². The highest BCUT2D eigenvalue weighted by Gasteiger charge is 2.24. The molecule has 7 heteroatoms. The molecule has 1 N–H and O–H groups in total. The number of carbonyl (C=O) groups is 1. The molecule has 3 heterocycles. The first kappa shape index (κ1) is 19.1. The number of rotatable bonds is 6. The normalized spacial score (nSPS) is 16.1. The molecule has 150 valence electrons. The molecule has 0 spiro atoms. The van der Waals surface area contributed by atoms with Crippen LogP contribution in [-0.4, -0.2) is 22.3 Å². The quantitative estimate of drug-likeness (QED) is 0.696. The molecule has 1 aromatic carbocycles. The zero-order chi connectivity index (χ0) is 20.2. The molecule has 0 radical (unpaired) electrons. The largest absolute Gasteiger partial charge is 0.424 e. The highest BCUT2D eigenvalue weighted by molar-refractivity contribution is 5.95. The molecule has 4 rings (SSSR count). The van der Waals surface area contributed by atoms with Crippen LogP contribution in [-0.2, 0) is 17.8 Å². The third kappa shape index (κ3) is 4.30. The van der Waals surface area contributed by atoms with Crippen LogP contribution in [0.2, 0.25) is 0 Å². The van der Waals surface area contributed by atoms with Gasteiger partial charge in [0.25, 0.3) is 5.91 Å². The summed E-state index contributed by atoms with van der Waals surface area (Å²) in [7, 11) is 0. The average molecular weight is 393 g/mol. The van der Waals surface area contributed by atoms with Crippen molar-refractivity contribution in [1.82, 2.24) is 15.1 Å². The molecule has 3 aromatic rings. The lowest BCUT2D eigenvalue weighted by molar-refractivity contribution is 0.0882. The Kier molecular flexibility index (Phi) is 5.57. The first-order valence-electron chi connectivity index (χ1n) is 9.70. The number of aryl methyl sites for hydroxylation is 1. The van der Waals surface area contributed by atoms with Crippen molar-refractivity contribution in [3.05, 3.63) is 87.2 Å². The monoisotopic (exact) mass is 393 g/mol. The first-order chi connectivity index (χ1) is 14.1. The van der Waals surface area contributed by atoms with Gasteiger partial charge in [-0.05, 0) is 48.6 Å². The zero-order valence-corrected chi connectivity index (χ0v) is 16.3. The van der Waals surface area contributed by atoms with Crippen molar-refractivity contribution >= 4 is 5.91 Å². The number of carbonyl (C=O) groups excluding carboxylic acids is 1. The van der Waals surface area contributed by atoms with Crippen molar-refractivity contribution < 1.29 is 13.9 Å². The van der Waals surface area contributed by atoms with Crippen LogP contribution in [0.5, 0.6) is 0 Å². The van der Waals surface area contributed by atoms with Crippen molar-refractivity contribution in [3.8, 4) is 0 Å². The van der Waals surface area contributed by atoms with Gasteiger partial charge in [-0.3, -0.25) is 9.48 Å². The van der Waals surface area contributed by atoms with Gasteiger partial charge in [0.15, 0.2) is 0 Å². The number of benzene rings is 1. The molecule has 0 aliphatic carbocycles. The van der Waals surface area contributed by atoms with Crippen LogP contribution in [0.1, 0.15) is 51.8 Å². The molecule has 1 saturated heterocycles. The SMILES string of the molecule is Cc1cc(C2CCCO2)oc(=O)c1C(=O)NCc1ccccc1Cn1cccn1. The van der Waals surface area contributed by atoms with Crippen molar-refractivity contribution in [2.75, 3.05) is 6.61 Å². The van der Waals surface area contributed by atoms with Crippen LogP contribution in [0, 0.1) is 6.92 Å². The lowest BCUT2D eigenvalue weighted by Gasteiger charge is -2.13.